The minimum Gasteiger partial charge on any atom is -0.392 e. The third kappa shape index (κ3) is 3.32. The molecule has 0 saturated heterocycles. The zero-order chi connectivity index (χ0) is 12.3. The van der Waals surface area contributed by atoms with E-state index in [2.05, 4.69) is 38.1 Å². The normalized spacial score (nSPS) is 18.8. The van der Waals surface area contributed by atoms with E-state index in [9.17, 15) is 5.11 Å². The Morgan fingerprint density at radius 1 is 1.12 bits per heavy atom. The van der Waals surface area contributed by atoms with Crippen LogP contribution in [0.1, 0.15) is 56.6 Å². The summed E-state index contributed by atoms with van der Waals surface area (Å²) in [5, 5.41) is 10.2. The molecule has 1 heteroatoms. The third-order valence-electron chi connectivity index (χ3n) is 4.04. The molecule has 2 rings (SSSR count). The molecule has 0 bridgehead atoms. The molecule has 1 aromatic carbocycles. The summed E-state index contributed by atoms with van der Waals surface area (Å²) in [7, 11) is 0. The van der Waals surface area contributed by atoms with E-state index in [0.717, 1.165) is 6.42 Å². The number of benzene rings is 1. The van der Waals surface area contributed by atoms with Gasteiger partial charge in [0.05, 0.1) is 6.10 Å². The summed E-state index contributed by atoms with van der Waals surface area (Å²) in [6, 6.07) is 8.74. The standard InChI is InChI=1S/C16H24O/c1-12(2)14-9-7-13(8-10-14)11-16(17)15-5-3-4-6-15/h7-10,12,15-17H,3-6,11H2,1-2H3. The van der Waals surface area contributed by atoms with Crippen LogP contribution in [0.2, 0.25) is 0 Å². The molecule has 1 aliphatic carbocycles. The first kappa shape index (κ1) is 12.6. The van der Waals surface area contributed by atoms with Crippen LogP contribution in [0.25, 0.3) is 0 Å². The van der Waals surface area contributed by atoms with Crippen LogP contribution in [0, 0.1) is 5.92 Å². The van der Waals surface area contributed by atoms with Gasteiger partial charge in [-0.3, -0.25) is 0 Å². The predicted molar refractivity (Wildman–Crippen MR) is 72.2 cm³/mol. The summed E-state index contributed by atoms with van der Waals surface area (Å²) in [5.74, 6) is 1.13. The molecule has 0 radical (unpaired) electrons. The van der Waals surface area contributed by atoms with Crippen molar-refractivity contribution in [1.29, 1.82) is 0 Å². The molecule has 1 saturated carbocycles. The number of rotatable bonds is 4. The Morgan fingerprint density at radius 3 is 2.24 bits per heavy atom. The maximum absolute atomic E-state index is 10.2. The maximum atomic E-state index is 10.2. The largest absolute Gasteiger partial charge is 0.392 e. The molecule has 94 valence electrons. The first-order valence-corrected chi connectivity index (χ1v) is 6.93. The van der Waals surface area contributed by atoms with Crippen LogP contribution >= 0.6 is 0 Å². The Labute approximate surface area is 105 Å². The summed E-state index contributed by atoms with van der Waals surface area (Å²) in [5.41, 5.74) is 2.65. The van der Waals surface area contributed by atoms with E-state index in [4.69, 9.17) is 0 Å². The van der Waals surface area contributed by atoms with E-state index in [-0.39, 0.29) is 6.10 Å². The molecule has 0 aliphatic heterocycles. The van der Waals surface area contributed by atoms with Crippen LogP contribution in [-0.2, 0) is 6.42 Å². The zero-order valence-electron chi connectivity index (χ0n) is 11.0. The highest BCUT2D eigenvalue weighted by Gasteiger charge is 2.23. The van der Waals surface area contributed by atoms with Crippen molar-refractivity contribution in [3.63, 3.8) is 0 Å². The molecule has 1 aliphatic rings. The average Bonchev–Trinajstić information content (AvgIpc) is 2.83. The highest BCUT2D eigenvalue weighted by molar-refractivity contribution is 5.25. The van der Waals surface area contributed by atoms with Crippen LogP contribution < -0.4 is 0 Å². The molecule has 0 amide bonds. The Balaban J connectivity index is 1.93. The first-order valence-electron chi connectivity index (χ1n) is 6.93. The van der Waals surface area contributed by atoms with Gasteiger partial charge in [-0.1, -0.05) is 51.0 Å². The summed E-state index contributed by atoms with van der Waals surface area (Å²) in [6.07, 6.45) is 5.71. The summed E-state index contributed by atoms with van der Waals surface area (Å²) >= 11 is 0. The molecule has 1 aromatic rings. The molecule has 1 nitrogen and oxygen atoms in total. The van der Waals surface area contributed by atoms with Crippen molar-refractivity contribution in [2.24, 2.45) is 5.92 Å². The highest BCUT2D eigenvalue weighted by atomic mass is 16.3. The topological polar surface area (TPSA) is 20.2 Å². The second-order valence-corrected chi connectivity index (χ2v) is 5.71. The lowest BCUT2D eigenvalue weighted by Gasteiger charge is -2.17. The molecule has 0 aromatic heterocycles. The zero-order valence-corrected chi connectivity index (χ0v) is 11.0. The van der Waals surface area contributed by atoms with Gasteiger partial charge in [-0.15, -0.1) is 0 Å². The molecule has 0 heterocycles. The van der Waals surface area contributed by atoms with Gasteiger partial charge in [-0.25, -0.2) is 0 Å². The van der Waals surface area contributed by atoms with Gasteiger partial charge < -0.3 is 5.11 Å². The summed E-state index contributed by atoms with van der Waals surface area (Å²) in [6.45, 7) is 4.42. The minimum atomic E-state index is -0.137. The predicted octanol–water partition coefficient (Wildman–Crippen LogP) is 3.90. The van der Waals surface area contributed by atoms with Crippen molar-refractivity contribution < 1.29 is 5.11 Å². The van der Waals surface area contributed by atoms with Gasteiger partial charge in [-0.05, 0) is 42.2 Å². The number of aliphatic hydroxyl groups is 1. The van der Waals surface area contributed by atoms with Crippen molar-refractivity contribution >= 4 is 0 Å². The van der Waals surface area contributed by atoms with Gasteiger partial charge in [0, 0.05) is 0 Å². The van der Waals surface area contributed by atoms with E-state index in [1.54, 1.807) is 0 Å². The summed E-state index contributed by atoms with van der Waals surface area (Å²) < 4.78 is 0. The van der Waals surface area contributed by atoms with Crippen molar-refractivity contribution in [3.05, 3.63) is 35.4 Å². The number of aliphatic hydroxyl groups excluding tert-OH is 1. The van der Waals surface area contributed by atoms with Crippen LogP contribution in [0.3, 0.4) is 0 Å². The molecule has 1 fully saturated rings. The van der Waals surface area contributed by atoms with E-state index < -0.39 is 0 Å². The number of hydrogen-bond donors (Lipinski definition) is 1. The maximum Gasteiger partial charge on any atom is 0.0608 e. The fraction of sp³-hybridized carbons (Fsp3) is 0.625. The molecular formula is C16H24O. The SMILES string of the molecule is CC(C)c1ccc(CC(O)C2CCCC2)cc1. The fourth-order valence-electron chi connectivity index (χ4n) is 2.79. The second kappa shape index (κ2) is 5.68. The van der Waals surface area contributed by atoms with E-state index in [1.807, 2.05) is 0 Å². The Morgan fingerprint density at radius 2 is 1.71 bits per heavy atom. The smallest absolute Gasteiger partial charge is 0.0608 e. The highest BCUT2D eigenvalue weighted by Crippen LogP contribution is 2.29. The van der Waals surface area contributed by atoms with Gasteiger partial charge in [0.2, 0.25) is 0 Å². The summed E-state index contributed by atoms with van der Waals surface area (Å²) in [4.78, 5) is 0. The van der Waals surface area contributed by atoms with Crippen molar-refractivity contribution in [2.75, 3.05) is 0 Å². The third-order valence-corrected chi connectivity index (χ3v) is 4.04. The molecular weight excluding hydrogens is 208 g/mol. The molecule has 0 spiro atoms. The van der Waals surface area contributed by atoms with E-state index in [1.165, 1.54) is 36.8 Å². The van der Waals surface area contributed by atoms with Gasteiger partial charge in [-0.2, -0.15) is 0 Å². The molecule has 17 heavy (non-hydrogen) atoms. The Hall–Kier alpha value is -0.820. The minimum absolute atomic E-state index is 0.137. The molecule has 1 atom stereocenters. The van der Waals surface area contributed by atoms with Crippen LogP contribution in [-0.4, -0.2) is 11.2 Å². The van der Waals surface area contributed by atoms with Gasteiger partial charge >= 0.3 is 0 Å². The van der Waals surface area contributed by atoms with Gasteiger partial charge in [0.1, 0.15) is 0 Å². The van der Waals surface area contributed by atoms with Gasteiger partial charge in [0.15, 0.2) is 0 Å². The van der Waals surface area contributed by atoms with E-state index in [0.29, 0.717) is 11.8 Å². The van der Waals surface area contributed by atoms with Crippen LogP contribution in [0.4, 0.5) is 0 Å². The van der Waals surface area contributed by atoms with Crippen molar-refractivity contribution in [3.8, 4) is 0 Å². The van der Waals surface area contributed by atoms with Crippen molar-refractivity contribution in [1.82, 2.24) is 0 Å². The number of hydrogen-bond acceptors (Lipinski definition) is 1. The average molecular weight is 232 g/mol. The monoisotopic (exact) mass is 232 g/mol. The van der Waals surface area contributed by atoms with Crippen LogP contribution in [0.15, 0.2) is 24.3 Å². The van der Waals surface area contributed by atoms with Crippen LogP contribution in [0.5, 0.6) is 0 Å². The Kier molecular flexibility index (Phi) is 4.22. The first-order chi connectivity index (χ1) is 8.16. The molecule has 1 unspecified atom stereocenters. The quantitative estimate of drug-likeness (QED) is 0.834. The van der Waals surface area contributed by atoms with Crippen molar-refractivity contribution in [2.45, 2.75) is 58.0 Å². The fourth-order valence-corrected chi connectivity index (χ4v) is 2.79. The lowest BCUT2D eigenvalue weighted by Crippen LogP contribution is -2.20. The Bertz CT molecular complexity index is 333. The lowest BCUT2D eigenvalue weighted by atomic mass is 9.93. The second-order valence-electron chi connectivity index (χ2n) is 5.71. The van der Waals surface area contributed by atoms with E-state index >= 15 is 0 Å². The van der Waals surface area contributed by atoms with Gasteiger partial charge in [0.25, 0.3) is 0 Å². The lowest BCUT2D eigenvalue weighted by molar-refractivity contribution is 0.111. The molecule has 1 N–H and O–H groups in total.